The summed E-state index contributed by atoms with van der Waals surface area (Å²) in [4.78, 5) is 2.38. The molecule has 1 unspecified atom stereocenters. The molecule has 3 nitrogen and oxygen atoms in total. The van der Waals surface area contributed by atoms with Crippen LogP contribution in [0.2, 0.25) is 0 Å². The van der Waals surface area contributed by atoms with E-state index in [9.17, 15) is 0 Å². The molecule has 2 rings (SSSR count). The van der Waals surface area contributed by atoms with Gasteiger partial charge in [0.15, 0.2) is 0 Å². The Balaban J connectivity index is 2.24. The average Bonchev–Trinajstić information content (AvgIpc) is 2.47. The number of nitrogen functional groups attached to an aromatic ring is 1. The number of hydrogen-bond donors (Lipinski definition) is 1. The lowest BCUT2D eigenvalue weighted by molar-refractivity contribution is 0.0821. The molecular formula is C13H20N2O. The van der Waals surface area contributed by atoms with Crippen LogP contribution in [0.4, 0.5) is 11.4 Å². The third kappa shape index (κ3) is 2.30. The van der Waals surface area contributed by atoms with Gasteiger partial charge in [-0.3, -0.25) is 0 Å². The van der Waals surface area contributed by atoms with Crippen molar-refractivity contribution in [2.75, 3.05) is 30.3 Å². The van der Waals surface area contributed by atoms with Crippen LogP contribution in [0.1, 0.15) is 18.9 Å². The second kappa shape index (κ2) is 4.74. The van der Waals surface area contributed by atoms with Crippen LogP contribution in [-0.2, 0) is 4.74 Å². The van der Waals surface area contributed by atoms with Crippen LogP contribution in [0, 0.1) is 6.92 Å². The average molecular weight is 220 g/mol. The summed E-state index contributed by atoms with van der Waals surface area (Å²) >= 11 is 0. The summed E-state index contributed by atoms with van der Waals surface area (Å²) in [6.07, 6.45) is 1.38. The number of rotatable bonds is 1. The fraction of sp³-hybridized carbons (Fsp3) is 0.538. The Morgan fingerprint density at radius 1 is 1.44 bits per heavy atom. The van der Waals surface area contributed by atoms with Gasteiger partial charge in [0, 0.05) is 31.1 Å². The molecule has 1 fully saturated rings. The van der Waals surface area contributed by atoms with Crippen molar-refractivity contribution < 1.29 is 4.74 Å². The molecule has 0 aliphatic carbocycles. The molecule has 0 radical (unpaired) electrons. The fourth-order valence-corrected chi connectivity index (χ4v) is 2.20. The minimum absolute atomic E-state index is 0.295. The minimum atomic E-state index is 0.295. The number of hydrogen-bond acceptors (Lipinski definition) is 3. The van der Waals surface area contributed by atoms with Crippen molar-refractivity contribution in [3.63, 3.8) is 0 Å². The van der Waals surface area contributed by atoms with Crippen molar-refractivity contribution in [1.82, 2.24) is 0 Å². The molecule has 88 valence electrons. The molecule has 0 amide bonds. The molecule has 1 aromatic carbocycles. The van der Waals surface area contributed by atoms with Gasteiger partial charge in [0.1, 0.15) is 0 Å². The Bertz CT molecular complexity index is 365. The second-order valence-corrected chi connectivity index (χ2v) is 4.47. The molecule has 1 heterocycles. The van der Waals surface area contributed by atoms with Gasteiger partial charge in [-0.25, -0.2) is 0 Å². The summed E-state index contributed by atoms with van der Waals surface area (Å²) in [5.74, 6) is 0. The Hall–Kier alpha value is -1.22. The van der Waals surface area contributed by atoms with E-state index in [1.807, 2.05) is 12.1 Å². The first-order valence-electron chi connectivity index (χ1n) is 5.90. The summed E-state index contributed by atoms with van der Waals surface area (Å²) in [7, 11) is 0. The van der Waals surface area contributed by atoms with Gasteiger partial charge in [-0.1, -0.05) is 6.07 Å². The first-order valence-corrected chi connectivity index (χ1v) is 5.90. The largest absolute Gasteiger partial charge is 0.398 e. The van der Waals surface area contributed by atoms with Gasteiger partial charge in [-0.2, -0.15) is 0 Å². The van der Waals surface area contributed by atoms with Crippen molar-refractivity contribution in [2.24, 2.45) is 0 Å². The summed E-state index contributed by atoms with van der Waals surface area (Å²) in [6.45, 7) is 7.07. The molecule has 0 saturated carbocycles. The number of benzene rings is 1. The van der Waals surface area contributed by atoms with Crippen molar-refractivity contribution in [3.8, 4) is 0 Å². The highest BCUT2D eigenvalue weighted by molar-refractivity contribution is 5.64. The van der Waals surface area contributed by atoms with E-state index in [0.29, 0.717) is 6.10 Å². The third-order valence-electron chi connectivity index (χ3n) is 3.14. The maximum Gasteiger partial charge on any atom is 0.0721 e. The highest BCUT2D eigenvalue weighted by Crippen LogP contribution is 2.26. The molecule has 1 aromatic rings. The zero-order valence-corrected chi connectivity index (χ0v) is 10.1. The maximum atomic E-state index is 5.94. The molecule has 1 aliphatic rings. The first-order chi connectivity index (χ1) is 7.68. The Morgan fingerprint density at radius 2 is 2.25 bits per heavy atom. The number of nitrogens with zero attached hydrogens (tertiary/aromatic N) is 1. The first kappa shape index (κ1) is 11.3. The lowest BCUT2D eigenvalue weighted by Gasteiger charge is -2.26. The van der Waals surface area contributed by atoms with Crippen LogP contribution < -0.4 is 10.6 Å². The van der Waals surface area contributed by atoms with E-state index < -0.39 is 0 Å². The topological polar surface area (TPSA) is 38.5 Å². The Kier molecular flexibility index (Phi) is 3.34. The molecular weight excluding hydrogens is 200 g/mol. The van der Waals surface area contributed by atoms with Crippen LogP contribution in [-0.4, -0.2) is 25.8 Å². The molecule has 1 saturated heterocycles. The van der Waals surface area contributed by atoms with Gasteiger partial charge >= 0.3 is 0 Å². The Morgan fingerprint density at radius 3 is 3.06 bits per heavy atom. The van der Waals surface area contributed by atoms with Gasteiger partial charge in [0.2, 0.25) is 0 Å². The van der Waals surface area contributed by atoms with Gasteiger partial charge in [-0.15, -0.1) is 0 Å². The highest BCUT2D eigenvalue weighted by Gasteiger charge is 2.17. The summed E-state index contributed by atoms with van der Waals surface area (Å²) in [6, 6.07) is 6.12. The summed E-state index contributed by atoms with van der Waals surface area (Å²) in [5, 5.41) is 0. The molecule has 0 bridgehead atoms. The standard InChI is InChI=1S/C13H20N2O/c1-10-9-15(7-4-8-16-10)13-6-3-5-12(14)11(13)2/h3,5-6,10H,4,7-9,14H2,1-2H3. The zero-order valence-electron chi connectivity index (χ0n) is 10.1. The van der Waals surface area contributed by atoms with Gasteiger partial charge < -0.3 is 15.4 Å². The molecule has 3 heteroatoms. The van der Waals surface area contributed by atoms with E-state index in [-0.39, 0.29) is 0 Å². The predicted molar refractivity (Wildman–Crippen MR) is 67.8 cm³/mol. The van der Waals surface area contributed by atoms with E-state index in [4.69, 9.17) is 10.5 Å². The lowest BCUT2D eigenvalue weighted by Crippen LogP contribution is -2.30. The zero-order chi connectivity index (χ0) is 11.5. The number of ether oxygens (including phenoxy) is 1. The van der Waals surface area contributed by atoms with E-state index in [2.05, 4.69) is 24.8 Å². The number of nitrogens with two attached hydrogens (primary N) is 1. The lowest BCUT2D eigenvalue weighted by atomic mass is 10.1. The smallest absolute Gasteiger partial charge is 0.0721 e. The quantitative estimate of drug-likeness (QED) is 0.737. The molecule has 1 aliphatic heterocycles. The summed E-state index contributed by atoms with van der Waals surface area (Å²) < 4.78 is 5.65. The second-order valence-electron chi connectivity index (χ2n) is 4.47. The van der Waals surface area contributed by atoms with Crippen LogP contribution in [0.15, 0.2) is 18.2 Å². The van der Waals surface area contributed by atoms with Gasteiger partial charge in [-0.05, 0) is 38.0 Å². The van der Waals surface area contributed by atoms with E-state index >= 15 is 0 Å². The molecule has 16 heavy (non-hydrogen) atoms. The van der Waals surface area contributed by atoms with Crippen LogP contribution >= 0.6 is 0 Å². The number of anilines is 2. The van der Waals surface area contributed by atoms with Crippen molar-refractivity contribution in [3.05, 3.63) is 23.8 Å². The molecule has 2 N–H and O–H groups in total. The molecule has 1 atom stereocenters. The molecule has 0 aromatic heterocycles. The van der Waals surface area contributed by atoms with E-state index in [1.165, 1.54) is 11.3 Å². The predicted octanol–water partition coefficient (Wildman–Crippen LogP) is 2.19. The fourth-order valence-electron chi connectivity index (χ4n) is 2.20. The molecule has 0 spiro atoms. The van der Waals surface area contributed by atoms with Crippen LogP contribution in [0.25, 0.3) is 0 Å². The maximum absolute atomic E-state index is 5.94. The normalized spacial score (nSPS) is 21.9. The van der Waals surface area contributed by atoms with Crippen molar-refractivity contribution >= 4 is 11.4 Å². The van der Waals surface area contributed by atoms with Gasteiger partial charge in [0.05, 0.1) is 6.10 Å². The Labute approximate surface area is 97.2 Å². The monoisotopic (exact) mass is 220 g/mol. The van der Waals surface area contributed by atoms with Crippen LogP contribution in [0.5, 0.6) is 0 Å². The van der Waals surface area contributed by atoms with Gasteiger partial charge in [0.25, 0.3) is 0 Å². The van der Waals surface area contributed by atoms with Crippen LogP contribution in [0.3, 0.4) is 0 Å². The van der Waals surface area contributed by atoms with Crippen molar-refractivity contribution in [2.45, 2.75) is 26.4 Å². The van der Waals surface area contributed by atoms with Crippen molar-refractivity contribution in [1.29, 1.82) is 0 Å². The SMILES string of the molecule is Cc1c(N)cccc1N1CCCOC(C)C1. The van der Waals surface area contributed by atoms with E-state index in [0.717, 1.165) is 31.8 Å². The van der Waals surface area contributed by atoms with E-state index in [1.54, 1.807) is 0 Å². The highest BCUT2D eigenvalue weighted by atomic mass is 16.5. The summed E-state index contributed by atoms with van der Waals surface area (Å²) in [5.41, 5.74) is 9.24. The minimum Gasteiger partial charge on any atom is -0.398 e. The third-order valence-corrected chi connectivity index (χ3v) is 3.14.